The molecule has 4 heterocycles. The summed E-state index contributed by atoms with van der Waals surface area (Å²) in [5.41, 5.74) is 14.9. The summed E-state index contributed by atoms with van der Waals surface area (Å²) in [5, 5.41) is 10.5. The summed E-state index contributed by atoms with van der Waals surface area (Å²) in [7, 11) is 0. The number of rotatable bonds is 2. The van der Waals surface area contributed by atoms with Crippen molar-refractivity contribution in [1.29, 1.82) is 0 Å². The van der Waals surface area contributed by atoms with Crippen LogP contribution < -0.4 is 0 Å². The van der Waals surface area contributed by atoms with E-state index in [1.54, 1.807) is 0 Å². The molecule has 3 fully saturated rings. The smallest absolute Gasteiger partial charge is 0.166 e. The zero-order valence-electron chi connectivity index (χ0n) is 33.6. The Balaban J connectivity index is 1.16. The number of hydrogen-bond donors (Lipinski definition) is 0. The minimum absolute atomic E-state index is 0.0304. The second-order valence-electron chi connectivity index (χ2n) is 20.5. The normalized spacial score (nSPS) is 24.4. The van der Waals surface area contributed by atoms with Crippen LogP contribution in [0.25, 0.3) is 76.2 Å². The molecule has 0 aliphatic heterocycles. The molecule has 4 heteroatoms. The van der Waals surface area contributed by atoms with E-state index in [1.165, 1.54) is 124 Å². The fraction of sp³-hybridized carbons (Fsp3) is 0.396. The highest BCUT2D eigenvalue weighted by Crippen LogP contribution is 2.54. The molecular weight excluding hydrogens is 697 g/mol. The molecule has 0 spiro atoms. The highest BCUT2D eigenvalue weighted by Gasteiger charge is 2.42. The molecule has 4 aromatic heterocycles. The number of aromatic nitrogens is 2. The standard InChI is InChI=1S/C53H48N2O2/c1-5-53(12-6-7-13-53)31-18-40-35-21-33-27-9-11-29(15-27)51(57)43(33)25-47(35)55-45-22-36-39-17-30(52(2,3)4)16-38-34-20-32-26-8-10-28(14-26)50(56)42(32)24-46(34)54(48(38)39)44(36)23-37(45)41(19-31)49(40)55/h16-29H,5-15H2,1-4H3. The van der Waals surface area contributed by atoms with E-state index in [4.69, 9.17) is 0 Å². The minimum atomic E-state index is -0.0304. The van der Waals surface area contributed by atoms with Gasteiger partial charge in [0.05, 0.1) is 33.1 Å². The Morgan fingerprint density at radius 2 is 0.965 bits per heavy atom. The molecule has 3 saturated carbocycles. The van der Waals surface area contributed by atoms with Gasteiger partial charge in [0.25, 0.3) is 0 Å². The molecule has 5 aliphatic carbocycles. The van der Waals surface area contributed by atoms with Crippen LogP contribution in [0.15, 0.2) is 60.7 Å². The maximum absolute atomic E-state index is 14.0. The van der Waals surface area contributed by atoms with Crippen molar-refractivity contribution in [3.8, 4) is 0 Å². The average Bonchev–Trinajstić information content (AvgIpc) is 4.08. The van der Waals surface area contributed by atoms with E-state index < -0.39 is 0 Å². The Kier molecular flexibility index (Phi) is 5.72. The van der Waals surface area contributed by atoms with Gasteiger partial charge in [-0.2, -0.15) is 0 Å². The number of Topliss-reactive ketones (excluding diaryl/α,β-unsaturated/α-hetero) is 2. The summed E-state index contributed by atoms with van der Waals surface area (Å²) in [4.78, 5) is 27.9. The van der Waals surface area contributed by atoms with E-state index in [2.05, 4.69) is 97.2 Å². The van der Waals surface area contributed by atoms with Crippen LogP contribution in [0.4, 0.5) is 0 Å². The van der Waals surface area contributed by atoms with Crippen LogP contribution in [0, 0.1) is 11.8 Å². The third-order valence-electron chi connectivity index (χ3n) is 17.0. The van der Waals surface area contributed by atoms with E-state index in [9.17, 15) is 9.59 Å². The molecular formula is C53H48N2O2. The van der Waals surface area contributed by atoms with Crippen molar-refractivity contribution in [1.82, 2.24) is 8.80 Å². The summed E-state index contributed by atoms with van der Waals surface area (Å²) in [5.74, 6) is 2.09. The number of fused-ring (bicyclic) bond motifs is 20. The Bertz CT molecular complexity index is 3340. The van der Waals surface area contributed by atoms with Crippen LogP contribution in [-0.2, 0) is 10.8 Å². The van der Waals surface area contributed by atoms with Gasteiger partial charge in [0.1, 0.15) is 0 Å². The van der Waals surface area contributed by atoms with Crippen molar-refractivity contribution in [3.05, 3.63) is 94.0 Å². The van der Waals surface area contributed by atoms with E-state index >= 15 is 0 Å². The van der Waals surface area contributed by atoms with Gasteiger partial charge in [-0.1, -0.05) is 40.5 Å². The number of ketones is 2. The third kappa shape index (κ3) is 3.75. The molecule has 5 aliphatic rings. The summed E-state index contributed by atoms with van der Waals surface area (Å²) < 4.78 is 5.06. The lowest BCUT2D eigenvalue weighted by Crippen LogP contribution is -2.20. The van der Waals surface area contributed by atoms with Gasteiger partial charge < -0.3 is 8.80 Å². The molecule has 4 atom stereocenters. The maximum atomic E-state index is 14.0. The van der Waals surface area contributed by atoms with E-state index in [1.807, 2.05) is 0 Å². The first-order valence-electron chi connectivity index (χ1n) is 22.2. The van der Waals surface area contributed by atoms with E-state index in [0.717, 1.165) is 56.1 Å². The molecule has 5 aromatic carbocycles. The van der Waals surface area contributed by atoms with Crippen LogP contribution >= 0.6 is 0 Å². The molecule has 4 nitrogen and oxygen atoms in total. The Morgan fingerprint density at radius 1 is 0.544 bits per heavy atom. The van der Waals surface area contributed by atoms with Crippen LogP contribution in [0.3, 0.4) is 0 Å². The number of nitrogens with zero attached hydrogens (tertiary/aromatic N) is 2. The van der Waals surface area contributed by atoms with Crippen molar-refractivity contribution in [2.45, 2.75) is 121 Å². The van der Waals surface area contributed by atoms with Gasteiger partial charge in [0.2, 0.25) is 0 Å². The number of carbonyl (C=O) groups excluding carboxylic acids is 2. The van der Waals surface area contributed by atoms with Gasteiger partial charge in [0.15, 0.2) is 11.6 Å². The third-order valence-corrected chi connectivity index (χ3v) is 17.0. The number of carbonyl (C=O) groups is 2. The quantitative estimate of drug-likeness (QED) is 0.177. The van der Waals surface area contributed by atoms with E-state index in [-0.39, 0.29) is 22.7 Å². The van der Waals surface area contributed by atoms with Crippen LogP contribution in [0.5, 0.6) is 0 Å². The largest absolute Gasteiger partial charge is 0.308 e. The Morgan fingerprint density at radius 3 is 1.42 bits per heavy atom. The maximum Gasteiger partial charge on any atom is 0.166 e. The lowest BCUT2D eigenvalue weighted by atomic mass is 9.76. The first-order chi connectivity index (χ1) is 27.6. The predicted octanol–water partition coefficient (Wildman–Crippen LogP) is 13.7. The molecule has 9 aromatic rings. The molecule has 4 bridgehead atoms. The van der Waals surface area contributed by atoms with Gasteiger partial charge in [-0.25, -0.2) is 0 Å². The molecule has 0 amide bonds. The van der Waals surface area contributed by atoms with Gasteiger partial charge in [-0.15, -0.1) is 0 Å². The van der Waals surface area contributed by atoms with Crippen LogP contribution in [0.1, 0.15) is 153 Å². The SMILES string of the molecule is CCC1(c2cc3c4cc5c(cc4n4c6cc7c8cc(C(C)(C)C)cc9c%10cc%11c(cc%10n(c7cc6c(c2)c34)c98)C(=O)C2CCC%11C2)C(=O)C2CCC5C2)CCCC1. The summed E-state index contributed by atoms with van der Waals surface area (Å²) in [6.45, 7) is 9.39. The second kappa shape index (κ2) is 10.2. The topological polar surface area (TPSA) is 43.0 Å². The van der Waals surface area contributed by atoms with Crippen molar-refractivity contribution in [2.24, 2.45) is 11.8 Å². The Labute approximate surface area is 331 Å². The van der Waals surface area contributed by atoms with Gasteiger partial charge in [-0.3, -0.25) is 9.59 Å². The highest BCUT2D eigenvalue weighted by molar-refractivity contribution is 6.30. The second-order valence-corrected chi connectivity index (χ2v) is 20.5. The molecule has 0 saturated heterocycles. The molecule has 0 N–H and O–H groups in total. The molecule has 0 radical (unpaired) electrons. The highest BCUT2D eigenvalue weighted by atomic mass is 16.1. The van der Waals surface area contributed by atoms with Crippen molar-refractivity contribution < 1.29 is 9.59 Å². The summed E-state index contributed by atoms with van der Waals surface area (Å²) in [6.07, 6.45) is 12.6. The Hall–Kier alpha value is -4.96. The zero-order chi connectivity index (χ0) is 38.0. The van der Waals surface area contributed by atoms with Crippen LogP contribution in [-0.4, -0.2) is 20.4 Å². The van der Waals surface area contributed by atoms with Gasteiger partial charge >= 0.3 is 0 Å². The monoisotopic (exact) mass is 744 g/mol. The van der Waals surface area contributed by atoms with Crippen molar-refractivity contribution in [3.63, 3.8) is 0 Å². The number of hydrogen-bond acceptors (Lipinski definition) is 2. The molecule has 14 rings (SSSR count). The lowest BCUT2D eigenvalue weighted by Gasteiger charge is -2.28. The van der Waals surface area contributed by atoms with Crippen molar-refractivity contribution >= 4 is 87.8 Å². The minimum Gasteiger partial charge on any atom is -0.308 e. The zero-order valence-corrected chi connectivity index (χ0v) is 33.6. The van der Waals surface area contributed by atoms with Crippen molar-refractivity contribution in [2.75, 3.05) is 0 Å². The lowest BCUT2D eigenvalue weighted by molar-refractivity contribution is 0.0906. The molecule has 57 heavy (non-hydrogen) atoms. The first-order valence-corrected chi connectivity index (χ1v) is 22.2. The van der Waals surface area contributed by atoms with Gasteiger partial charge in [0, 0.05) is 66.1 Å². The van der Waals surface area contributed by atoms with Crippen LogP contribution in [0.2, 0.25) is 0 Å². The number of benzene rings is 5. The molecule has 282 valence electrons. The first kappa shape index (κ1) is 32.0. The van der Waals surface area contributed by atoms with E-state index in [0.29, 0.717) is 23.4 Å². The fourth-order valence-electron chi connectivity index (χ4n) is 13.9. The summed E-state index contributed by atoms with van der Waals surface area (Å²) >= 11 is 0. The fourth-order valence-corrected chi connectivity index (χ4v) is 13.9. The van der Waals surface area contributed by atoms with Gasteiger partial charge in [-0.05, 0) is 163 Å². The molecule has 4 unspecified atom stereocenters. The summed E-state index contributed by atoms with van der Waals surface area (Å²) in [6, 6.07) is 24.5. The average molecular weight is 745 g/mol. The predicted molar refractivity (Wildman–Crippen MR) is 234 cm³/mol.